The Labute approximate surface area is 328 Å². The van der Waals surface area contributed by atoms with Gasteiger partial charge in [-0.05, 0) is 92.0 Å². The quantitative estimate of drug-likeness (QED) is 0.176. The highest BCUT2D eigenvalue weighted by Crippen LogP contribution is 2.55. The van der Waals surface area contributed by atoms with Crippen molar-refractivity contribution in [3.05, 3.63) is 198 Å². The fourth-order valence-electron chi connectivity index (χ4n) is 9.94. The molecule has 11 rings (SSSR count). The van der Waals surface area contributed by atoms with Crippen LogP contribution in [0.1, 0.15) is 49.9 Å². The lowest BCUT2D eigenvalue weighted by atomic mass is 9.82. The van der Waals surface area contributed by atoms with E-state index in [0.29, 0.717) is 0 Å². The topological polar surface area (TPSA) is 16.4 Å². The zero-order chi connectivity index (χ0) is 37.8. The van der Waals surface area contributed by atoms with E-state index in [1.807, 2.05) is 6.07 Å². The van der Waals surface area contributed by atoms with Crippen molar-refractivity contribution in [1.82, 2.24) is 0 Å². The Balaban J connectivity index is 1.14. The SMILES string of the molecule is CC1(C)c2ccccc2-c2c(-c3cccc(N(c4cccc(-c5cccc6c5oc5ccccc56)c4)c4cccc5c4-c4ccccc4C5(C)C)c3)cccc21. The molecule has 0 fully saturated rings. The normalized spacial score (nSPS) is 14.4. The van der Waals surface area contributed by atoms with E-state index >= 15 is 0 Å². The van der Waals surface area contributed by atoms with Crippen molar-refractivity contribution < 1.29 is 4.42 Å². The van der Waals surface area contributed by atoms with Crippen LogP contribution in [0.2, 0.25) is 0 Å². The van der Waals surface area contributed by atoms with Gasteiger partial charge < -0.3 is 9.32 Å². The second-order valence-corrected chi connectivity index (χ2v) is 16.5. The van der Waals surface area contributed by atoms with E-state index in [1.165, 1.54) is 61.3 Å². The van der Waals surface area contributed by atoms with Crippen LogP contribution in [-0.2, 0) is 10.8 Å². The van der Waals surface area contributed by atoms with E-state index in [4.69, 9.17) is 4.42 Å². The molecule has 1 heterocycles. The smallest absolute Gasteiger partial charge is 0.143 e. The first-order valence-corrected chi connectivity index (χ1v) is 19.7. The minimum absolute atomic E-state index is 0.0699. The lowest BCUT2D eigenvalue weighted by molar-refractivity contribution is 0.660. The number of fused-ring (bicyclic) bond motifs is 9. The van der Waals surface area contributed by atoms with Gasteiger partial charge in [-0.3, -0.25) is 0 Å². The molecule has 0 saturated carbocycles. The number of anilines is 3. The number of nitrogens with zero attached hydrogens (tertiary/aromatic N) is 1. The minimum atomic E-state index is -0.126. The summed E-state index contributed by atoms with van der Waals surface area (Å²) in [6.07, 6.45) is 0. The van der Waals surface area contributed by atoms with Crippen molar-refractivity contribution >= 4 is 39.0 Å². The first-order valence-electron chi connectivity index (χ1n) is 19.7. The Morgan fingerprint density at radius 1 is 0.393 bits per heavy atom. The monoisotopic (exact) mass is 719 g/mol. The Morgan fingerprint density at radius 2 is 0.875 bits per heavy atom. The molecule has 56 heavy (non-hydrogen) atoms. The van der Waals surface area contributed by atoms with E-state index in [9.17, 15) is 0 Å². The first kappa shape index (κ1) is 32.8. The minimum Gasteiger partial charge on any atom is -0.455 e. The summed E-state index contributed by atoms with van der Waals surface area (Å²) in [5, 5.41) is 2.27. The molecule has 2 aliphatic carbocycles. The van der Waals surface area contributed by atoms with Gasteiger partial charge in [-0.15, -0.1) is 0 Å². The summed E-state index contributed by atoms with van der Waals surface area (Å²) >= 11 is 0. The highest BCUT2D eigenvalue weighted by Gasteiger charge is 2.39. The van der Waals surface area contributed by atoms with Crippen LogP contribution in [0.15, 0.2) is 180 Å². The van der Waals surface area contributed by atoms with Crippen LogP contribution < -0.4 is 4.90 Å². The third-order valence-corrected chi connectivity index (χ3v) is 12.7. The summed E-state index contributed by atoms with van der Waals surface area (Å²) < 4.78 is 6.56. The molecule has 0 bridgehead atoms. The van der Waals surface area contributed by atoms with Gasteiger partial charge in [0.05, 0.1) is 5.69 Å². The summed E-state index contributed by atoms with van der Waals surface area (Å²) in [6, 6.07) is 64.5. The van der Waals surface area contributed by atoms with Crippen molar-refractivity contribution in [2.75, 3.05) is 4.90 Å². The zero-order valence-corrected chi connectivity index (χ0v) is 32.1. The molecule has 0 N–H and O–H groups in total. The maximum atomic E-state index is 6.56. The number of hydrogen-bond acceptors (Lipinski definition) is 2. The third kappa shape index (κ3) is 4.62. The predicted molar refractivity (Wildman–Crippen MR) is 234 cm³/mol. The van der Waals surface area contributed by atoms with Crippen molar-refractivity contribution in [3.63, 3.8) is 0 Å². The van der Waals surface area contributed by atoms with Crippen molar-refractivity contribution in [3.8, 4) is 44.5 Å². The first-order chi connectivity index (χ1) is 27.3. The predicted octanol–water partition coefficient (Wildman–Crippen LogP) is 15.0. The molecule has 0 saturated heterocycles. The van der Waals surface area contributed by atoms with Crippen LogP contribution in [0.5, 0.6) is 0 Å². The fourth-order valence-corrected chi connectivity index (χ4v) is 9.94. The Morgan fingerprint density at radius 3 is 1.59 bits per heavy atom. The second kappa shape index (κ2) is 11.9. The molecular weight excluding hydrogens is 679 g/mol. The van der Waals surface area contributed by atoms with E-state index in [-0.39, 0.29) is 10.8 Å². The molecule has 2 heteroatoms. The van der Waals surface area contributed by atoms with Crippen LogP contribution >= 0.6 is 0 Å². The van der Waals surface area contributed by atoms with E-state index in [2.05, 4.69) is 202 Å². The lowest BCUT2D eigenvalue weighted by Gasteiger charge is -2.29. The van der Waals surface area contributed by atoms with Gasteiger partial charge in [0.2, 0.25) is 0 Å². The van der Waals surface area contributed by atoms with Crippen LogP contribution in [0.25, 0.3) is 66.4 Å². The molecule has 0 aliphatic heterocycles. The van der Waals surface area contributed by atoms with Gasteiger partial charge in [-0.2, -0.15) is 0 Å². The van der Waals surface area contributed by atoms with Crippen molar-refractivity contribution in [2.24, 2.45) is 0 Å². The molecule has 0 atom stereocenters. The van der Waals surface area contributed by atoms with E-state index in [0.717, 1.165) is 44.4 Å². The summed E-state index contributed by atoms with van der Waals surface area (Å²) in [6.45, 7) is 9.42. The lowest BCUT2D eigenvalue weighted by Crippen LogP contribution is -2.16. The molecule has 9 aromatic rings. The van der Waals surface area contributed by atoms with Gasteiger partial charge in [0.25, 0.3) is 0 Å². The summed E-state index contributed by atoms with van der Waals surface area (Å²) in [7, 11) is 0. The van der Waals surface area contributed by atoms with E-state index < -0.39 is 0 Å². The number of rotatable bonds is 5. The number of hydrogen-bond donors (Lipinski definition) is 0. The van der Waals surface area contributed by atoms with Gasteiger partial charge in [-0.25, -0.2) is 0 Å². The molecule has 2 nitrogen and oxygen atoms in total. The summed E-state index contributed by atoms with van der Waals surface area (Å²) in [4.78, 5) is 2.48. The third-order valence-electron chi connectivity index (χ3n) is 12.7. The highest BCUT2D eigenvalue weighted by atomic mass is 16.3. The van der Waals surface area contributed by atoms with E-state index in [1.54, 1.807) is 0 Å². The van der Waals surface area contributed by atoms with Gasteiger partial charge in [0, 0.05) is 44.1 Å². The molecule has 1 aromatic heterocycles. The second-order valence-electron chi connectivity index (χ2n) is 16.5. The highest BCUT2D eigenvalue weighted by molar-refractivity contribution is 6.10. The zero-order valence-electron chi connectivity index (χ0n) is 32.1. The van der Waals surface area contributed by atoms with Crippen molar-refractivity contribution in [2.45, 2.75) is 38.5 Å². The summed E-state index contributed by atoms with van der Waals surface area (Å²) in [5.74, 6) is 0. The fraction of sp³-hybridized carbons (Fsp3) is 0.111. The average molecular weight is 720 g/mol. The van der Waals surface area contributed by atoms with Crippen molar-refractivity contribution in [1.29, 1.82) is 0 Å². The molecule has 0 spiro atoms. The van der Waals surface area contributed by atoms with Gasteiger partial charge in [0.1, 0.15) is 11.2 Å². The number of para-hydroxylation sites is 2. The molecule has 0 amide bonds. The molecule has 0 unspecified atom stereocenters. The Kier molecular flexibility index (Phi) is 6.98. The van der Waals surface area contributed by atoms with Crippen LogP contribution in [0.4, 0.5) is 17.1 Å². The number of benzene rings is 8. The summed E-state index contributed by atoms with van der Waals surface area (Å²) in [5.41, 5.74) is 20.4. The molecule has 268 valence electrons. The van der Waals surface area contributed by atoms with Crippen LogP contribution in [0.3, 0.4) is 0 Å². The maximum absolute atomic E-state index is 6.56. The Hall–Kier alpha value is -6.64. The molecular formula is C54H41NO. The van der Waals surface area contributed by atoms with Gasteiger partial charge in [0.15, 0.2) is 0 Å². The largest absolute Gasteiger partial charge is 0.455 e. The van der Waals surface area contributed by atoms with Crippen LogP contribution in [0, 0.1) is 0 Å². The maximum Gasteiger partial charge on any atom is 0.143 e. The van der Waals surface area contributed by atoms with Gasteiger partial charge in [-0.1, -0.05) is 167 Å². The molecule has 8 aromatic carbocycles. The Bertz CT molecular complexity index is 3050. The number of furan rings is 1. The molecule has 2 aliphatic rings. The van der Waals surface area contributed by atoms with Crippen LogP contribution in [-0.4, -0.2) is 0 Å². The average Bonchev–Trinajstić information content (AvgIpc) is 3.82. The van der Waals surface area contributed by atoms with Gasteiger partial charge >= 0.3 is 0 Å². The standard InChI is InChI=1S/C54H41NO/c1-53(2)44-26-8-5-21-42(44)50-38(23-14-28-46(50)53)34-16-11-18-36(32-34)55(48-30-15-29-47-51(48)43-22-6-9-27-45(43)54(47,3)4)37-19-12-17-35(33-37)39-24-13-25-41-40-20-7-10-31-49(40)56-52(39)41/h5-33H,1-4H3. The molecule has 0 radical (unpaired) electrons.